The van der Waals surface area contributed by atoms with Crippen LogP contribution in [0.15, 0.2) is 21.5 Å². The number of hydrogen-bond donors (Lipinski definition) is 1. The van der Waals surface area contributed by atoms with Crippen LogP contribution in [-0.2, 0) is 19.6 Å². The van der Waals surface area contributed by atoms with Crippen LogP contribution in [0.25, 0.3) is 0 Å². The zero-order valence-corrected chi connectivity index (χ0v) is 14.3. The number of carboxylic acid groups (broad SMARTS) is 1. The van der Waals surface area contributed by atoms with Crippen molar-refractivity contribution in [1.29, 1.82) is 0 Å². The predicted octanol–water partition coefficient (Wildman–Crippen LogP) is 2.23. The maximum absolute atomic E-state index is 12.6. The summed E-state index contributed by atoms with van der Waals surface area (Å²) >= 11 is 15.1. The molecule has 21 heavy (non-hydrogen) atoms. The van der Waals surface area contributed by atoms with E-state index in [4.69, 9.17) is 33.0 Å². The van der Waals surface area contributed by atoms with E-state index in [0.717, 1.165) is 4.31 Å². The van der Waals surface area contributed by atoms with Gasteiger partial charge in [0.25, 0.3) is 0 Å². The van der Waals surface area contributed by atoms with E-state index in [9.17, 15) is 13.2 Å². The minimum atomic E-state index is -4.00. The van der Waals surface area contributed by atoms with Gasteiger partial charge in [0.05, 0.1) is 23.2 Å². The van der Waals surface area contributed by atoms with Gasteiger partial charge in [-0.2, -0.15) is 4.31 Å². The third-order valence-electron chi connectivity index (χ3n) is 2.87. The fourth-order valence-corrected chi connectivity index (χ4v) is 5.21. The molecule has 10 heteroatoms. The number of rotatable bonds is 3. The molecule has 1 atom stereocenters. The summed E-state index contributed by atoms with van der Waals surface area (Å²) in [6.07, 6.45) is -1.21. The number of benzene rings is 1. The number of nitrogens with zero attached hydrogens (tertiary/aromatic N) is 1. The van der Waals surface area contributed by atoms with E-state index in [1.165, 1.54) is 12.1 Å². The van der Waals surface area contributed by atoms with E-state index in [1.54, 1.807) is 0 Å². The molecule has 0 spiro atoms. The van der Waals surface area contributed by atoms with Gasteiger partial charge in [-0.25, -0.2) is 13.2 Å². The zero-order valence-electron chi connectivity index (χ0n) is 10.4. The Bertz CT molecular complexity index is 658. The van der Waals surface area contributed by atoms with Crippen LogP contribution in [0, 0.1) is 0 Å². The van der Waals surface area contributed by atoms with Crippen LogP contribution in [0.1, 0.15) is 0 Å². The first kappa shape index (κ1) is 17.0. The van der Waals surface area contributed by atoms with Crippen LogP contribution in [-0.4, -0.2) is 49.6 Å². The maximum atomic E-state index is 12.6. The molecule has 1 aliphatic heterocycles. The van der Waals surface area contributed by atoms with Crippen LogP contribution >= 0.6 is 39.1 Å². The Kier molecular flexibility index (Phi) is 5.17. The first-order valence-electron chi connectivity index (χ1n) is 5.72. The Balaban J connectivity index is 2.41. The lowest BCUT2D eigenvalue weighted by Crippen LogP contribution is -2.48. The minimum absolute atomic E-state index is 0.0119. The standard InChI is InChI=1S/C11H10BrCl2NO5S/c12-6-3-7(13)10(8(14)4-6)21(18,19)15-1-2-20-9(5-15)11(16)17/h3-4,9H,1-2,5H2,(H,16,17). The lowest BCUT2D eigenvalue weighted by atomic mass is 10.3. The highest BCUT2D eigenvalue weighted by molar-refractivity contribution is 9.10. The molecule has 1 unspecified atom stereocenters. The van der Waals surface area contributed by atoms with E-state index in [0.29, 0.717) is 4.47 Å². The second-order valence-corrected chi connectivity index (χ2v) is 7.86. The molecule has 2 rings (SSSR count). The molecule has 1 aromatic carbocycles. The molecule has 0 radical (unpaired) electrons. The Morgan fingerprint density at radius 2 is 1.95 bits per heavy atom. The highest BCUT2D eigenvalue weighted by atomic mass is 79.9. The number of carbonyl (C=O) groups is 1. The summed E-state index contributed by atoms with van der Waals surface area (Å²) in [5, 5.41) is 8.86. The van der Waals surface area contributed by atoms with Crippen molar-refractivity contribution >= 4 is 55.1 Å². The summed E-state index contributed by atoms with van der Waals surface area (Å²) in [5.41, 5.74) is 0. The molecule has 1 N–H and O–H groups in total. The van der Waals surface area contributed by atoms with Crippen molar-refractivity contribution < 1.29 is 23.1 Å². The van der Waals surface area contributed by atoms with E-state index >= 15 is 0 Å². The number of halogens is 3. The lowest BCUT2D eigenvalue weighted by molar-refractivity contribution is -0.153. The molecular formula is C11H10BrCl2NO5S. The third kappa shape index (κ3) is 3.52. The molecule has 6 nitrogen and oxygen atoms in total. The van der Waals surface area contributed by atoms with Crippen molar-refractivity contribution in [2.24, 2.45) is 0 Å². The summed E-state index contributed by atoms with van der Waals surface area (Å²) in [6.45, 7) is -0.267. The Labute approximate surface area is 139 Å². The summed E-state index contributed by atoms with van der Waals surface area (Å²) in [7, 11) is -4.00. The monoisotopic (exact) mass is 417 g/mol. The summed E-state index contributed by atoms with van der Waals surface area (Å²) < 4.78 is 31.8. The Morgan fingerprint density at radius 1 is 1.38 bits per heavy atom. The van der Waals surface area contributed by atoms with E-state index in [1.807, 2.05) is 0 Å². The van der Waals surface area contributed by atoms with Crippen molar-refractivity contribution in [3.8, 4) is 0 Å². The molecule has 1 aliphatic rings. The molecule has 0 amide bonds. The average molecular weight is 419 g/mol. The zero-order chi connectivity index (χ0) is 15.8. The van der Waals surface area contributed by atoms with Gasteiger partial charge in [0.1, 0.15) is 4.90 Å². The first-order valence-corrected chi connectivity index (χ1v) is 8.71. The van der Waals surface area contributed by atoms with Gasteiger partial charge >= 0.3 is 5.97 Å². The molecule has 116 valence electrons. The molecule has 0 saturated carbocycles. The van der Waals surface area contributed by atoms with Gasteiger partial charge in [-0.1, -0.05) is 39.1 Å². The quantitative estimate of drug-likeness (QED) is 0.813. The molecule has 0 aliphatic carbocycles. The van der Waals surface area contributed by atoms with E-state index in [-0.39, 0.29) is 34.6 Å². The number of hydrogen-bond acceptors (Lipinski definition) is 4. The van der Waals surface area contributed by atoms with Crippen molar-refractivity contribution in [3.63, 3.8) is 0 Å². The van der Waals surface area contributed by atoms with Crippen LogP contribution in [0.5, 0.6) is 0 Å². The minimum Gasteiger partial charge on any atom is -0.479 e. The molecule has 1 heterocycles. The molecule has 1 aromatic rings. The SMILES string of the molecule is O=C(O)C1CN(S(=O)(=O)c2c(Cl)cc(Br)cc2Cl)CCO1. The second-order valence-electron chi connectivity index (χ2n) is 4.26. The number of morpholine rings is 1. The van der Waals surface area contributed by atoms with E-state index < -0.39 is 22.1 Å². The summed E-state index contributed by atoms with van der Waals surface area (Å²) in [4.78, 5) is 10.7. The second kappa shape index (κ2) is 6.39. The van der Waals surface area contributed by atoms with Crippen LogP contribution in [0.2, 0.25) is 10.0 Å². The first-order chi connectivity index (χ1) is 9.73. The highest BCUT2D eigenvalue weighted by Crippen LogP contribution is 2.35. The molecule has 0 aromatic heterocycles. The number of carboxylic acids is 1. The van der Waals surface area contributed by atoms with Crippen molar-refractivity contribution in [3.05, 3.63) is 26.7 Å². The van der Waals surface area contributed by atoms with Crippen molar-refractivity contribution in [2.75, 3.05) is 19.7 Å². The molecule has 0 bridgehead atoms. The fourth-order valence-electron chi connectivity index (χ4n) is 1.90. The van der Waals surface area contributed by atoms with Crippen molar-refractivity contribution in [2.45, 2.75) is 11.0 Å². The predicted molar refractivity (Wildman–Crippen MR) is 80.3 cm³/mol. The smallest absolute Gasteiger partial charge is 0.334 e. The van der Waals surface area contributed by atoms with E-state index in [2.05, 4.69) is 15.9 Å². The lowest BCUT2D eigenvalue weighted by Gasteiger charge is -2.30. The van der Waals surface area contributed by atoms with Gasteiger partial charge in [-0.3, -0.25) is 0 Å². The van der Waals surface area contributed by atoms with Crippen LogP contribution in [0.3, 0.4) is 0 Å². The van der Waals surface area contributed by atoms with Gasteiger partial charge in [0.15, 0.2) is 6.10 Å². The Hall–Kier alpha value is -0.380. The third-order valence-corrected chi connectivity index (χ3v) is 6.11. The maximum Gasteiger partial charge on any atom is 0.334 e. The normalized spacial score (nSPS) is 20.4. The van der Waals surface area contributed by atoms with Crippen LogP contribution in [0.4, 0.5) is 0 Å². The average Bonchev–Trinajstić information content (AvgIpc) is 2.37. The van der Waals surface area contributed by atoms with Crippen LogP contribution < -0.4 is 0 Å². The van der Waals surface area contributed by atoms with Gasteiger partial charge in [0.2, 0.25) is 10.0 Å². The molecule has 1 saturated heterocycles. The van der Waals surface area contributed by atoms with Crippen molar-refractivity contribution in [1.82, 2.24) is 4.31 Å². The fraction of sp³-hybridized carbons (Fsp3) is 0.364. The van der Waals surface area contributed by atoms with Gasteiger partial charge in [-0.05, 0) is 12.1 Å². The van der Waals surface area contributed by atoms with Gasteiger partial charge < -0.3 is 9.84 Å². The largest absolute Gasteiger partial charge is 0.479 e. The van der Waals surface area contributed by atoms with Gasteiger partial charge in [-0.15, -0.1) is 0 Å². The van der Waals surface area contributed by atoms with Gasteiger partial charge in [0, 0.05) is 11.0 Å². The number of ether oxygens (including phenoxy) is 1. The number of sulfonamides is 1. The Morgan fingerprint density at radius 3 is 2.48 bits per heavy atom. The highest BCUT2D eigenvalue weighted by Gasteiger charge is 2.36. The molecular weight excluding hydrogens is 409 g/mol. The summed E-state index contributed by atoms with van der Waals surface area (Å²) in [5.74, 6) is -1.22. The summed E-state index contributed by atoms with van der Waals surface area (Å²) in [6, 6.07) is 2.82. The molecule has 1 fully saturated rings. The topological polar surface area (TPSA) is 83.9 Å². The number of aliphatic carboxylic acids is 1.